The van der Waals surface area contributed by atoms with Crippen LogP contribution in [0, 0.1) is 5.92 Å². The second-order valence-electron chi connectivity index (χ2n) is 4.31. The normalized spacial score (nSPS) is 18.5. The van der Waals surface area contributed by atoms with E-state index in [0.29, 0.717) is 12.5 Å². The van der Waals surface area contributed by atoms with E-state index in [2.05, 4.69) is 5.10 Å². The first-order valence-electron chi connectivity index (χ1n) is 5.74. The molecular weight excluding hydrogens is 249 g/mol. The van der Waals surface area contributed by atoms with Crippen LogP contribution >= 0.6 is 11.8 Å². The number of rotatable bonds is 3. The summed E-state index contributed by atoms with van der Waals surface area (Å²) in [5.41, 5.74) is -0.795. The molecule has 0 bridgehead atoms. The summed E-state index contributed by atoms with van der Waals surface area (Å²) in [6, 6.07) is 1.04. The van der Waals surface area contributed by atoms with Crippen LogP contribution in [-0.2, 0) is 12.7 Å². The number of hydrogen-bond acceptors (Lipinski definition) is 2. The minimum absolute atomic E-state index is 0.589. The van der Waals surface area contributed by atoms with Crippen LogP contribution in [0.2, 0.25) is 0 Å². The fourth-order valence-corrected chi connectivity index (χ4v) is 3.19. The molecule has 0 unspecified atom stereocenters. The van der Waals surface area contributed by atoms with Gasteiger partial charge in [-0.2, -0.15) is 30.0 Å². The maximum atomic E-state index is 12.3. The molecule has 96 valence electrons. The molecule has 0 aromatic carbocycles. The molecule has 0 saturated carbocycles. The number of nitrogens with zero attached hydrogens (tertiary/aromatic N) is 2. The zero-order valence-corrected chi connectivity index (χ0v) is 10.2. The summed E-state index contributed by atoms with van der Waals surface area (Å²) in [5, 5.41) is 3.55. The molecular formula is C11H15F3N2S. The van der Waals surface area contributed by atoms with Gasteiger partial charge in [0.15, 0.2) is 5.69 Å². The van der Waals surface area contributed by atoms with E-state index < -0.39 is 11.9 Å². The molecule has 2 heterocycles. The number of alkyl halides is 3. The van der Waals surface area contributed by atoms with Gasteiger partial charge in [0.1, 0.15) is 0 Å². The molecule has 0 amide bonds. The summed E-state index contributed by atoms with van der Waals surface area (Å²) in [4.78, 5) is 0. The summed E-state index contributed by atoms with van der Waals surface area (Å²) in [5.74, 6) is 3.00. The molecule has 0 spiro atoms. The van der Waals surface area contributed by atoms with Crippen molar-refractivity contribution < 1.29 is 13.2 Å². The Hall–Kier alpha value is -0.650. The highest BCUT2D eigenvalue weighted by Crippen LogP contribution is 2.28. The van der Waals surface area contributed by atoms with Gasteiger partial charge >= 0.3 is 6.18 Å². The molecule has 17 heavy (non-hydrogen) atoms. The van der Waals surface area contributed by atoms with Crippen LogP contribution < -0.4 is 0 Å². The lowest BCUT2D eigenvalue weighted by Crippen LogP contribution is -2.13. The van der Waals surface area contributed by atoms with Gasteiger partial charge in [-0.15, -0.1) is 0 Å². The van der Waals surface area contributed by atoms with Gasteiger partial charge in [-0.1, -0.05) is 0 Å². The quantitative estimate of drug-likeness (QED) is 0.832. The standard InChI is InChI=1S/C11H15F3N2S/c12-11(13,14)10-2-6-16(15-10)5-1-9-3-7-17-8-4-9/h2,6,9H,1,3-5,7-8H2. The van der Waals surface area contributed by atoms with Gasteiger partial charge in [-0.25, -0.2) is 0 Å². The van der Waals surface area contributed by atoms with E-state index in [1.807, 2.05) is 11.8 Å². The van der Waals surface area contributed by atoms with E-state index in [4.69, 9.17) is 0 Å². The third kappa shape index (κ3) is 3.66. The molecule has 0 aliphatic carbocycles. The third-order valence-electron chi connectivity index (χ3n) is 3.04. The van der Waals surface area contributed by atoms with Crippen LogP contribution in [0.4, 0.5) is 13.2 Å². The number of thioether (sulfide) groups is 1. The largest absolute Gasteiger partial charge is 0.435 e. The Labute approximate surface area is 103 Å². The van der Waals surface area contributed by atoms with Crippen molar-refractivity contribution in [1.29, 1.82) is 0 Å². The number of halogens is 3. The Morgan fingerprint density at radius 2 is 2.06 bits per heavy atom. The lowest BCUT2D eigenvalue weighted by molar-refractivity contribution is -0.141. The summed E-state index contributed by atoms with van der Waals surface area (Å²) < 4.78 is 38.4. The number of aryl methyl sites for hydroxylation is 1. The summed E-state index contributed by atoms with van der Waals surface area (Å²) in [6.07, 6.45) is 0.378. The van der Waals surface area contributed by atoms with Gasteiger partial charge in [-0.05, 0) is 42.8 Å². The van der Waals surface area contributed by atoms with Crippen molar-refractivity contribution in [3.63, 3.8) is 0 Å². The summed E-state index contributed by atoms with van der Waals surface area (Å²) in [6.45, 7) is 0.589. The Morgan fingerprint density at radius 3 is 2.65 bits per heavy atom. The molecule has 1 fully saturated rings. The molecule has 2 nitrogen and oxygen atoms in total. The zero-order chi connectivity index (χ0) is 12.3. The molecule has 2 rings (SSSR count). The van der Waals surface area contributed by atoms with E-state index in [1.165, 1.54) is 35.2 Å². The van der Waals surface area contributed by atoms with Crippen molar-refractivity contribution in [2.24, 2.45) is 5.92 Å². The van der Waals surface area contributed by atoms with Crippen molar-refractivity contribution >= 4 is 11.8 Å². The second-order valence-corrected chi connectivity index (χ2v) is 5.53. The minimum Gasteiger partial charge on any atom is -0.272 e. The highest BCUT2D eigenvalue weighted by atomic mass is 32.2. The van der Waals surface area contributed by atoms with Crippen LogP contribution in [0.5, 0.6) is 0 Å². The van der Waals surface area contributed by atoms with Crippen LogP contribution in [0.15, 0.2) is 12.3 Å². The van der Waals surface area contributed by atoms with Gasteiger partial charge in [0.05, 0.1) is 0 Å². The lowest BCUT2D eigenvalue weighted by atomic mass is 9.99. The maximum absolute atomic E-state index is 12.3. The van der Waals surface area contributed by atoms with Crippen molar-refractivity contribution in [3.05, 3.63) is 18.0 Å². The average molecular weight is 264 g/mol. The Balaban J connectivity index is 1.84. The monoisotopic (exact) mass is 264 g/mol. The fraction of sp³-hybridized carbons (Fsp3) is 0.727. The highest BCUT2D eigenvalue weighted by molar-refractivity contribution is 7.99. The highest BCUT2D eigenvalue weighted by Gasteiger charge is 2.33. The molecule has 1 aromatic rings. The van der Waals surface area contributed by atoms with Crippen molar-refractivity contribution in [2.45, 2.75) is 32.0 Å². The zero-order valence-electron chi connectivity index (χ0n) is 9.41. The molecule has 1 saturated heterocycles. The fourth-order valence-electron chi connectivity index (χ4n) is 1.99. The Kier molecular flexibility index (Phi) is 4.01. The second kappa shape index (κ2) is 5.33. The molecule has 1 aliphatic heterocycles. The first kappa shape index (κ1) is 12.8. The van der Waals surface area contributed by atoms with Crippen molar-refractivity contribution in [3.8, 4) is 0 Å². The molecule has 0 N–H and O–H groups in total. The third-order valence-corrected chi connectivity index (χ3v) is 4.09. The molecule has 0 atom stereocenters. The Morgan fingerprint density at radius 1 is 1.35 bits per heavy atom. The van der Waals surface area contributed by atoms with Crippen LogP contribution in [0.25, 0.3) is 0 Å². The first-order chi connectivity index (χ1) is 8.05. The van der Waals surface area contributed by atoms with Crippen molar-refractivity contribution in [2.75, 3.05) is 11.5 Å². The minimum atomic E-state index is -4.33. The van der Waals surface area contributed by atoms with E-state index in [-0.39, 0.29) is 0 Å². The van der Waals surface area contributed by atoms with E-state index in [1.54, 1.807) is 0 Å². The van der Waals surface area contributed by atoms with Crippen molar-refractivity contribution in [1.82, 2.24) is 9.78 Å². The SMILES string of the molecule is FC(F)(F)c1ccn(CCC2CCSCC2)n1. The summed E-state index contributed by atoms with van der Waals surface area (Å²) >= 11 is 1.96. The van der Waals surface area contributed by atoms with E-state index in [9.17, 15) is 13.2 Å². The van der Waals surface area contributed by atoms with Gasteiger partial charge in [0.2, 0.25) is 0 Å². The van der Waals surface area contributed by atoms with Crippen LogP contribution in [0.3, 0.4) is 0 Å². The smallest absolute Gasteiger partial charge is 0.272 e. The average Bonchev–Trinajstić information content (AvgIpc) is 2.76. The molecule has 6 heteroatoms. The maximum Gasteiger partial charge on any atom is 0.435 e. The van der Waals surface area contributed by atoms with Crippen LogP contribution in [-0.4, -0.2) is 21.3 Å². The predicted molar refractivity (Wildman–Crippen MR) is 61.9 cm³/mol. The van der Waals surface area contributed by atoms with Crippen LogP contribution in [0.1, 0.15) is 25.0 Å². The van der Waals surface area contributed by atoms with Gasteiger partial charge in [0, 0.05) is 12.7 Å². The molecule has 1 aliphatic rings. The van der Waals surface area contributed by atoms with Gasteiger partial charge in [-0.3, -0.25) is 4.68 Å². The van der Waals surface area contributed by atoms with Gasteiger partial charge < -0.3 is 0 Å². The Bertz CT molecular complexity index is 356. The first-order valence-corrected chi connectivity index (χ1v) is 6.89. The molecule has 0 radical (unpaired) electrons. The lowest BCUT2D eigenvalue weighted by Gasteiger charge is -2.20. The van der Waals surface area contributed by atoms with Gasteiger partial charge in [0.25, 0.3) is 0 Å². The number of hydrogen-bond donors (Lipinski definition) is 0. The topological polar surface area (TPSA) is 17.8 Å². The van der Waals surface area contributed by atoms with E-state index >= 15 is 0 Å². The predicted octanol–water partition coefficient (Wildman–Crippen LogP) is 3.44. The number of aromatic nitrogens is 2. The summed E-state index contributed by atoms with van der Waals surface area (Å²) in [7, 11) is 0. The van der Waals surface area contributed by atoms with E-state index in [0.717, 1.165) is 12.5 Å². The molecule has 1 aromatic heterocycles.